The van der Waals surface area contributed by atoms with E-state index in [2.05, 4.69) is 5.32 Å². The van der Waals surface area contributed by atoms with Gasteiger partial charge in [0.05, 0.1) is 7.11 Å². The summed E-state index contributed by atoms with van der Waals surface area (Å²) in [6.07, 6.45) is 0.633. The number of amides is 1. The maximum absolute atomic E-state index is 11.7. The molecule has 1 fully saturated rings. The average molecular weight is 263 g/mol. The number of hydrogen-bond donors (Lipinski definition) is 2. The number of aliphatic carboxylic acids is 1. The molecular weight excluding hydrogens is 246 g/mol. The summed E-state index contributed by atoms with van der Waals surface area (Å²) in [5.74, 6) is -2.01. The van der Waals surface area contributed by atoms with Crippen molar-refractivity contribution in [3.05, 3.63) is 29.3 Å². The Bertz CT molecular complexity index is 512. The van der Waals surface area contributed by atoms with Crippen LogP contribution in [0.25, 0.3) is 0 Å². The SMILES string of the molecule is COc1ccc(C2CCNC(=O)C2C(=O)O)cc1C. The van der Waals surface area contributed by atoms with E-state index in [0.29, 0.717) is 13.0 Å². The van der Waals surface area contributed by atoms with Crippen LogP contribution in [0.1, 0.15) is 23.5 Å². The molecule has 2 atom stereocenters. The van der Waals surface area contributed by atoms with Crippen molar-refractivity contribution in [3.63, 3.8) is 0 Å². The number of benzene rings is 1. The van der Waals surface area contributed by atoms with Crippen LogP contribution in [0.5, 0.6) is 5.75 Å². The van der Waals surface area contributed by atoms with E-state index in [1.54, 1.807) is 7.11 Å². The highest BCUT2D eigenvalue weighted by Gasteiger charge is 2.38. The fourth-order valence-electron chi connectivity index (χ4n) is 2.59. The zero-order valence-electron chi connectivity index (χ0n) is 11.0. The minimum absolute atomic E-state index is 0.282. The number of carbonyl (C=O) groups is 2. The van der Waals surface area contributed by atoms with Gasteiger partial charge in [-0.25, -0.2) is 0 Å². The molecule has 2 N–H and O–H groups in total. The molecule has 2 rings (SSSR count). The molecule has 1 aromatic rings. The molecule has 1 aromatic carbocycles. The quantitative estimate of drug-likeness (QED) is 0.806. The summed E-state index contributed by atoms with van der Waals surface area (Å²) in [6, 6.07) is 5.55. The van der Waals surface area contributed by atoms with Crippen LogP contribution in [0.3, 0.4) is 0 Å². The summed E-state index contributed by atoms with van der Waals surface area (Å²) in [7, 11) is 1.59. The van der Waals surface area contributed by atoms with Gasteiger partial charge in [0.15, 0.2) is 0 Å². The van der Waals surface area contributed by atoms with Gasteiger partial charge in [0, 0.05) is 12.5 Å². The number of carbonyl (C=O) groups excluding carboxylic acids is 1. The highest BCUT2D eigenvalue weighted by atomic mass is 16.5. The van der Waals surface area contributed by atoms with Crippen molar-refractivity contribution in [2.24, 2.45) is 5.92 Å². The van der Waals surface area contributed by atoms with Gasteiger partial charge in [-0.3, -0.25) is 9.59 Å². The van der Waals surface area contributed by atoms with Gasteiger partial charge >= 0.3 is 5.97 Å². The predicted octanol–water partition coefficient (Wildman–Crippen LogP) is 1.31. The molecule has 2 unspecified atom stereocenters. The highest BCUT2D eigenvalue weighted by molar-refractivity contribution is 5.98. The van der Waals surface area contributed by atoms with Crippen molar-refractivity contribution in [1.82, 2.24) is 5.32 Å². The molecule has 102 valence electrons. The van der Waals surface area contributed by atoms with Crippen LogP contribution in [-0.2, 0) is 9.59 Å². The summed E-state index contributed by atoms with van der Waals surface area (Å²) in [4.78, 5) is 23.0. The molecule has 0 aliphatic carbocycles. The van der Waals surface area contributed by atoms with Crippen LogP contribution in [-0.4, -0.2) is 30.6 Å². The van der Waals surface area contributed by atoms with E-state index in [1.165, 1.54) is 0 Å². The molecule has 0 aromatic heterocycles. The van der Waals surface area contributed by atoms with Gasteiger partial charge < -0.3 is 15.2 Å². The number of piperidine rings is 1. The Hall–Kier alpha value is -2.04. The third-order valence-electron chi connectivity index (χ3n) is 3.55. The van der Waals surface area contributed by atoms with E-state index in [4.69, 9.17) is 4.74 Å². The topological polar surface area (TPSA) is 75.6 Å². The summed E-state index contributed by atoms with van der Waals surface area (Å²) in [6.45, 7) is 2.42. The summed E-state index contributed by atoms with van der Waals surface area (Å²) < 4.78 is 5.19. The molecule has 1 heterocycles. The van der Waals surface area contributed by atoms with Crippen molar-refractivity contribution in [1.29, 1.82) is 0 Å². The van der Waals surface area contributed by atoms with E-state index in [1.807, 2.05) is 25.1 Å². The lowest BCUT2D eigenvalue weighted by molar-refractivity contribution is -0.149. The Morgan fingerprint density at radius 1 is 1.47 bits per heavy atom. The van der Waals surface area contributed by atoms with Gasteiger partial charge in [-0.2, -0.15) is 0 Å². The van der Waals surface area contributed by atoms with Crippen LogP contribution < -0.4 is 10.1 Å². The van der Waals surface area contributed by atoms with E-state index < -0.39 is 17.8 Å². The molecule has 19 heavy (non-hydrogen) atoms. The minimum Gasteiger partial charge on any atom is -0.496 e. The number of nitrogens with one attached hydrogen (secondary N) is 1. The van der Waals surface area contributed by atoms with Crippen LogP contribution >= 0.6 is 0 Å². The number of carboxylic acid groups (broad SMARTS) is 1. The van der Waals surface area contributed by atoms with E-state index >= 15 is 0 Å². The van der Waals surface area contributed by atoms with E-state index in [0.717, 1.165) is 16.9 Å². The summed E-state index contributed by atoms with van der Waals surface area (Å²) >= 11 is 0. The zero-order chi connectivity index (χ0) is 14.0. The van der Waals surface area contributed by atoms with E-state index in [9.17, 15) is 14.7 Å². The fourth-order valence-corrected chi connectivity index (χ4v) is 2.59. The number of ether oxygens (including phenoxy) is 1. The third-order valence-corrected chi connectivity index (χ3v) is 3.55. The second-order valence-corrected chi connectivity index (χ2v) is 4.73. The molecule has 1 aliphatic rings. The normalized spacial score (nSPS) is 22.7. The first-order valence-corrected chi connectivity index (χ1v) is 6.19. The lowest BCUT2D eigenvalue weighted by Gasteiger charge is -2.29. The lowest BCUT2D eigenvalue weighted by atomic mass is 9.80. The fraction of sp³-hybridized carbons (Fsp3) is 0.429. The average Bonchev–Trinajstić information content (AvgIpc) is 2.37. The second kappa shape index (κ2) is 5.30. The van der Waals surface area contributed by atoms with Crippen LogP contribution in [0.4, 0.5) is 0 Å². The predicted molar refractivity (Wildman–Crippen MR) is 69.2 cm³/mol. The Labute approximate surface area is 111 Å². The summed E-state index contributed by atoms with van der Waals surface area (Å²) in [5, 5.41) is 11.8. The molecule has 0 radical (unpaired) electrons. The Balaban J connectivity index is 2.35. The Morgan fingerprint density at radius 3 is 2.79 bits per heavy atom. The van der Waals surface area contributed by atoms with Crippen molar-refractivity contribution in [2.75, 3.05) is 13.7 Å². The molecule has 0 saturated carbocycles. The van der Waals surface area contributed by atoms with Gasteiger partial charge in [0.2, 0.25) is 5.91 Å². The Kier molecular flexibility index (Phi) is 3.74. The number of aryl methyl sites for hydroxylation is 1. The molecule has 1 saturated heterocycles. The van der Waals surface area contributed by atoms with E-state index in [-0.39, 0.29) is 5.92 Å². The molecule has 1 aliphatic heterocycles. The molecule has 5 heteroatoms. The largest absolute Gasteiger partial charge is 0.496 e. The maximum Gasteiger partial charge on any atom is 0.316 e. The van der Waals surface area contributed by atoms with Crippen molar-refractivity contribution in [2.45, 2.75) is 19.3 Å². The van der Waals surface area contributed by atoms with Gasteiger partial charge in [-0.05, 0) is 30.5 Å². The molecule has 0 spiro atoms. The van der Waals surface area contributed by atoms with Crippen molar-refractivity contribution < 1.29 is 19.4 Å². The first kappa shape index (κ1) is 13.4. The lowest BCUT2D eigenvalue weighted by Crippen LogP contribution is -2.44. The number of hydrogen-bond acceptors (Lipinski definition) is 3. The highest BCUT2D eigenvalue weighted by Crippen LogP contribution is 2.33. The number of methoxy groups -OCH3 is 1. The molecule has 0 bridgehead atoms. The molecular formula is C14H17NO4. The van der Waals surface area contributed by atoms with Crippen LogP contribution in [0.15, 0.2) is 18.2 Å². The minimum atomic E-state index is -1.07. The molecule has 5 nitrogen and oxygen atoms in total. The van der Waals surface area contributed by atoms with Crippen LogP contribution in [0, 0.1) is 12.8 Å². The van der Waals surface area contributed by atoms with Gasteiger partial charge in [0.25, 0.3) is 0 Å². The van der Waals surface area contributed by atoms with Gasteiger partial charge in [-0.15, -0.1) is 0 Å². The zero-order valence-corrected chi connectivity index (χ0v) is 11.0. The smallest absolute Gasteiger partial charge is 0.316 e. The summed E-state index contributed by atoms with van der Waals surface area (Å²) in [5.41, 5.74) is 1.82. The van der Waals surface area contributed by atoms with Gasteiger partial charge in [0.1, 0.15) is 11.7 Å². The molecule has 1 amide bonds. The number of rotatable bonds is 3. The van der Waals surface area contributed by atoms with Crippen molar-refractivity contribution >= 4 is 11.9 Å². The van der Waals surface area contributed by atoms with Gasteiger partial charge in [-0.1, -0.05) is 12.1 Å². The first-order valence-electron chi connectivity index (χ1n) is 6.19. The Morgan fingerprint density at radius 2 is 2.21 bits per heavy atom. The third kappa shape index (κ3) is 2.54. The number of carboxylic acids is 1. The second-order valence-electron chi connectivity index (χ2n) is 4.73. The van der Waals surface area contributed by atoms with Crippen LogP contribution in [0.2, 0.25) is 0 Å². The maximum atomic E-state index is 11.7. The standard InChI is InChI=1S/C14H17NO4/c1-8-7-9(3-4-11(8)19-2)10-5-6-15-13(16)12(10)14(17)18/h3-4,7,10,12H,5-6H2,1-2H3,(H,15,16)(H,17,18). The monoisotopic (exact) mass is 263 g/mol. The first-order chi connectivity index (χ1) is 9.04. The van der Waals surface area contributed by atoms with Crippen molar-refractivity contribution in [3.8, 4) is 5.75 Å².